The standard InChI is InChI=1S/C15H19NO3S2/c1-11-6-4-5-7-13(11)9-16(3)21(18,19)15-8-14(10-17)20-12(15)2/h4-8,17H,9-10H2,1-3H3. The van der Waals surface area contributed by atoms with Gasteiger partial charge in [0.25, 0.3) is 0 Å². The first-order chi connectivity index (χ1) is 9.86. The third kappa shape index (κ3) is 3.35. The molecule has 0 aliphatic heterocycles. The molecule has 2 aromatic rings. The molecule has 21 heavy (non-hydrogen) atoms. The molecule has 1 N–H and O–H groups in total. The lowest BCUT2D eigenvalue weighted by Crippen LogP contribution is -2.27. The van der Waals surface area contributed by atoms with Crippen molar-refractivity contribution in [3.8, 4) is 0 Å². The van der Waals surface area contributed by atoms with Gasteiger partial charge in [-0.3, -0.25) is 0 Å². The van der Waals surface area contributed by atoms with Gasteiger partial charge in [-0.05, 0) is 31.0 Å². The van der Waals surface area contributed by atoms with Gasteiger partial charge in [-0.1, -0.05) is 24.3 Å². The van der Waals surface area contributed by atoms with Gasteiger partial charge >= 0.3 is 0 Å². The van der Waals surface area contributed by atoms with Crippen molar-refractivity contribution in [3.05, 3.63) is 51.2 Å². The second kappa shape index (κ2) is 6.27. The van der Waals surface area contributed by atoms with Crippen LogP contribution in [0.25, 0.3) is 0 Å². The Kier molecular flexibility index (Phi) is 4.83. The summed E-state index contributed by atoms with van der Waals surface area (Å²) in [5, 5.41) is 9.15. The molecule has 1 heterocycles. The number of thiophene rings is 1. The Bertz CT molecular complexity index is 735. The van der Waals surface area contributed by atoms with Crippen molar-refractivity contribution >= 4 is 21.4 Å². The molecule has 0 amide bonds. The molecule has 2 rings (SSSR count). The number of nitrogens with zero attached hydrogens (tertiary/aromatic N) is 1. The van der Waals surface area contributed by atoms with Crippen LogP contribution in [-0.2, 0) is 23.2 Å². The van der Waals surface area contributed by atoms with Crippen molar-refractivity contribution in [2.45, 2.75) is 31.9 Å². The number of sulfonamides is 1. The summed E-state index contributed by atoms with van der Waals surface area (Å²) in [5.74, 6) is 0. The normalized spacial score (nSPS) is 12.0. The summed E-state index contributed by atoms with van der Waals surface area (Å²) in [6, 6.07) is 9.30. The SMILES string of the molecule is Cc1ccccc1CN(C)S(=O)(=O)c1cc(CO)sc1C. The molecule has 0 spiro atoms. The monoisotopic (exact) mass is 325 g/mol. The van der Waals surface area contributed by atoms with E-state index in [0.717, 1.165) is 11.1 Å². The Hall–Kier alpha value is -1.21. The summed E-state index contributed by atoms with van der Waals surface area (Å²) in [5.41, 5.74) is 2.05. The van der Waals surface area contributed by atoms with Crippen molar-refractivity contribution in [1.29, 1.82) is 0 Å². The minimum atomic E-state index is -3.54. The predicted molar refractivity (Wildman–Crippen MR) is 84.8 cm³/mol. The minimum absolute atomic E-state index is 0.136. The highest BCUT2D eigenvalue weighted by atomic mass is 32.2. The lowest BCUT2D eigenvalue weighted by atomic mass is 10.1. The quantitative estimate of drug-likeness (QED) is 0.919. The van der Waals surface area contributed by atoms with E-state index in [9.17, 15) is 8.42 Å². The molecular weight excluding hydrogens is 306 g/mol. The fourth-order valence-electron chi connectivity index (χ4n) is 2.14. The van der Waals surface area contributed by atoms with Crippen LogP contribution in [0.3, 0.4) is 0 Å². The second-order valence-electron chi connectivity index (χ2n) is 4.98. The van der Waals surface area contributed by atoms with Crippen LogP contribution in [0.5, 0.6) is 0 Å². The van der Waals surface area contributed by atoms with Gasteiger partial charge in [-0.2, -0.15) is 4.31 Å². The van der Waals surface area contributed by atoms with E-state index in [2.05, 4.69) is 0 Å². The molecule has 0 aliphatic rings. The first-order valence-electron chi connectivity index (χ1n) is 6.57. The number of hydrogen-bond donors (Lipinski definition) is 1. The summed E-state index contributed by atoms with van der Waals surface area (Å²) >= 11 is 1.31. The average molecular weight is 325 g/mol. The lowest BCUT2D eigenvalue weighted by Gasteiger charge is -2.18. The maximum Gasteiger partial charge on any atom is 0.244 e. The zero-order chi connectivity index (χ0) is 15.6. The van der Waals surface area contributed by atoms with E-state index in [-0.39, 0.29) is 11.5 Å². The van der Waals surface area contributed by atoms with E-state index in [1.165, 1.54) is 15.6 Å². The first-order valence-corrected chi connectivity index (χ1v) is 8.83. The van der Waals surface area contributed by atoms with Crippen LogP contribution < -0.4 is 0 Å². The molecule has 114 valence electrons. The second-order valence-corrected chi connectivity index (χ2v) is 8.33. The number of aliphatic hydroxyl groups is 1. The topological polar surface area (TPSA) is 57.6 Å². The molecule has 0 unspecified atom stereocenters. The van der Waals surface area contributed by atoms with E-state index < -0.39 is 10.0 Å². The van der Waals surface area contributed by atoms with Crippen LogP contribution in [0.1, 0.15) is 20.9 Å². The minimum Gasteiger partial charge on any atom is -0.391 e. The summed E-state index contributed by atoms with van der Waals surface area (Å²) in [7, 11) is -1.96. The van der Waals surface area contributed by atoms with E-state index in [1.54, 1.807) is 20.0 Å². The zero-order valence-corrected chi connectivity index (χ0v) is 14.0. The zero-order valence-electron chi connectivity index (χ0n) is 12.3. The molecule has 6 heteroatoms. The molecule has 0 radical (unpaired) electrons. The highest BCUT2D eigenvalue weighted by Crippen LogP contribution is 2.28. The molecule has 0 fully saturated rings. The van der Waals surface area contributed by atoms with Gasteiger partial charge in [0.2, 0.25) is 10.0 Å². The predicted octanol–water partition coefficient (Wildman–Crippen LogP) is 2.68. The Morgan fingerprint density at radius 2 is 1.90 bits per heavy atom. The molecule has 0 saturated carbocycles. The molecule has 0 bridgehead atoms. The van der Waals surface area contributed by atoms with Crippen LogP contribution in [0.4, 0.5) is 0 Å². The van der Waals surface area contributed by atoms with Gasteiger partial charge in [0, 0.05) is 23.3 Å². The molecule has 1 aromatic carbocycles. The first kappa shape index (κ1) is 16.2. The van der Waals surface area contributed by atoms with Crippen LogP contribution in [0, 0.1) is 13.8 Å². The number of rotatable bonds is 5. The Balaban J connectivity index is 2.30. The highest BCUT2D eigenvalue weighted by Gasteiger charge is 2.25. The maximum atomic E-state index is 12.6. The number of hydrogen-bond acceptors (Lipinski definition) is 4. The summed E-state index contributed by atoms with van der Waals surface area (Å²) in [4.78, 5) is 1.65. The molecule has 0 saturated heterocycles. The van der Waals surface area contributed by atoms with Gasteiger partial charge in [0.1, 0.15) is 0 Å². The lowest BCUT2D eigenvalue weighted by molar-refractivity contribution is 0.285. The third-order valence-electron chi connectivity index (χ3n) is 3.42. The van der Waals surface area contributed by atoms with Crippen molar-refractivity contribution in [2.24, 2.45) is 0 Å². The van der Waals surface area contributed by atoms with Gasteiger partial charge in [-0.15, -0.1) is 11.3 Å². The Morgan fingerprint density at radius 1 is 1.24 bits per heavy atom. The fourth-order valence-corrected chi connectivity index (χ4v) is 4.75. The summed E-state index contributed by atoms with van der Waals surface area (Å²) in [6.07, 6.45) is 0. The Morgan fingerprint density at radius 3 is 2.48 bits per heavy atom. The van der Waals surface area contributed by atoms with Crippen molar-refractivity contribution in [1.82, 2.24) is 4.31 Å². The number of benzene rings is 1. The maximum absolute atomic E-state index is 12.6. The van der Waals surface area contributed by atoms with Crippen LogP contribution >= 0.6 is 11.3 Å². The fraction of sp³-hybridized carbons (Fsp3) is 0.333. The van der Waals surface area contributed by atoms with Gasteiger partial charge < -0.3 is 5.11 Å². The smallest absolute Gasteiger partial charge is 0.244 e. The van der Waals surface area contributed by atoms with Crippen molar-refractivity contribution < 1.29 is 13.5 Å². The van der Waals surface area contributed by atoms with Crippen molar-refractivity contribution in [3.63, 3.8) is 0 Å². The molecule has 0 atom stereocenters. The average Bonchev–Trinajstić information content (AvgIpc) is 2.83. The van der Waals surface area contributed by atoms with Crippen LogP contribution in [-0.4, -0.2) is 24.9 Å². The summed E-state index contributed by atoms with van der Waals surface area (Å²) < 4.78 is 26.7. The number of aryl methyl sites for hydroxylation is 2. The molecule has 0 aliphatic carbocycles. The van der Waals surface area contributed by atoms with Gasteiger partial charge in [0.15, 0.2) is 0 Å². The molecular formula is C15H19NO3S2. The Labute approximate surface area is 129 Å². The van der Waals surface area contributed by atoms with E-state index in [4.69, 9.17) is 5.11 Å². The largest absolute Gasteiger partial charge is 0.391 e. The van der Waals surface area contributed by atoms with E-state index >= 15 is 0 Å². The third-order valence-corrected chi connectivity index (χ3v) is 6.52. The number of aliphatic hydroxyl groups excluding tert-OH is 1. The highest BCUT2D eigenvalue weighted by molar-refractivity contribution is 7.89. The van der Waals surface area contributed by atoms with Gasteiger partial charge in [0.05, 0.1) is 11.5 Å². The molecule has 4 nitrogen and oxygen atoms in total. The van der Waals surface area contributed by atoms with Crippen LogP contribution in [0.15, 0.2) is 35.2 Å². The van der Waals surface area contributed by atoms with Crippen molar-refractivity contribution in [2.75, 3.05) is 7.05 Å². The molecule has 1 aromatic heterocycles. The van der Waals surface area contributed by atoms with E-state index in [1.807, 2.05) is 31.2 Å². The van der Waals surface area contributed by atoms with Gasteiger partial charge in [-0.25, -0.2) is 8.42 Å². The summed E-state index contributed by atoms with van der Waals surface area (Å²) in [6.45, 7) is 3.93. The van der Waals surface area contributed by atoms with E-state index in [0.29, 0.717) is 16.3 Å². The van der Waals surface area contributed by atoms with Crippen LogP contribution in [0.2, 0.25) is 0 Å².